The van der Waals surface area contributed by atoms with Crippen molar-refractivity contribution in [3.8, 4) is 0 Å². The van der Waals surface area contributed by atoms with Crippen LogP contribution in [-0.2, 0) is 17.8 Å². The summed E-state index contributed by atoms with van der Waals surface area (Å²) < 4.78 is 6.90. The van der Waals surface area contributed by atoms with Crippen LogP contribution in [0.25, 0.3) is 0 Å². The Bertz CT molecular complexity index is 513. The van der Waals surface area contributed by atoms with Crippen molar-refractivity contribution in [2.45, 2.75) is 13.1 Å². The zero-order valence-electron chi connectivity index (χ0n) is 11.0. The predicted octanol–water partition coefficient (Wildman–Crippen LogP) is 2.32. The number of nitrogens with zero attached hydrogens (tertiary/aromatic N) is 2. The first kappa shape index (κ1) is 14.1. The fourth-order valence-corrected chi connectivity index (χ4v) is 2.03. The molecule has 0 unspecified atom stereocenters. The van der Waals surface area contributed by atoms with Crippen molar-refractivity contribution in [1.29, 1.82) is 0 Å². The summed E-state index contributed by atoms with van der Waals surface area (Å²) in [7, 11) is 1.70. The van der Waals surface area contributed by atoms with E-state index in [1.54, 1.807) is 7.11 Å². The highest BCUT2D eigenvalue weighted by molar-refractivity contribution is 6.30. The second kappa shape index (κ2) is 7.28. The highest BCUT2D eigenvalue weighted by atomic mass is 35.5. The summed E-state index contributed by atoms with van der Waals surface area (Å²) in [6.07, 6.45) is 3.92. The molecular weight excluding hydrogens is 262 g/mol. The first-order valence-electron chi connectivity index (χ1n) is 6.23. The minimum atomic E-state index is 0.719. The number of hydrogen-bond donors (Lipinski definition) is 1. The molecule has 4 nitrogen and oxygen atoms in total. The first-order chi connectivity index (χ1) is 9.28. The molecule has 1 N–H and O–H groups in total. The smallest absolute Gasteiger partial charge is 0.0660 e. The summed E-state index contributed by atoms with van der Waals surface area (Å²) >= 11 is 5.96. The lowest BCUT2D eigenvalue weighted by molar-refractivity contribution is 0.199. The van der Waals surface area contributed by atoms with Gasteiger partial charge in [-0.15, -0.1) is 0 Å². The van der Waals surface area contributed by atoms with E-state index in [1.165, 1.54) is 0 Å². The molecule has 1 heterocycles. The Kier molecular flexibility index (Phi) is 5.39. The average molecular weight is 280 g/mol. The van der Waals surface area contributed by atoms with Gasteiger partial charge in [0.25, 0.3) is 0 Å². The maximum Gasteiger partial charge on any atom is 0.0660 e. The van der Waals surface area contributed by atoms with Gasteiger partial charge >= 0.3 is 0 Å². The van der Waals surface area contributed by atoms with Crippen LogP contribution >= 0.6 is 11.6 Å². The van der Waals surface area contributed by atoms with Gasteiger partial charge in [-0.1, -0.05) is 23.7 Å². The zero-order valence-corrected chi connectivity index (χ0v) is 11.7. The number of hydrogen-bond acceptors (Lipinski definition) is 3. The van der Waals surface area contributed by atoms with Crippen LogP contribution in [0.15, 0.2) is 36.7 Å². The average Bonchev–Trinajstić information content (AvgIpc) is 2.82. The number of benzene rings is 1. The van der Waals surface area contributed by atoms with Gasteiger partial charge in [-0.25, -0.2) is 0 Å². The minimum Gasteiger partial charge on any atom is -0.383 e. The van der Waals surface area contributed by atoms with Crippen molar-refractivity contribution in [1.82, 2.24) is 15.1 Å². The molecule has 1 aromatic heterocycles. The molecule has 0 aliphatic carbocycles. The number of methoxy groups -OCH3 is 1. The number of aromatic nitrogens is 2. The summed E-state index contributed by atoms with van der Waals surface area (Å²) in [6.45, 7) is 3.10. The molecule has 0 saturated carbocycles. The third-order valence-corrected chi connectivity index (χ3v) is 2.97. The second-order valence-corrected chi connectivity index (χ2v) is 4.78. The van der Waals surface area contributed by atoms with Gasteiger partial charge in [-0.05, 0) is 17.7 Å². The normalized spacial score (nSPS) is 10.8. The van der Waals surface area contributed by atoms with Crippen molar-refractivity contribution in [2.24, 2.45) is 0 Å². The lowest BCUT2D eigenvalue weighted by Gasteiger charge is -2.03. The standard InChI is InChI=1S/C14H18ClN3O/c1-19-6-5-16-8-13-9-17-18(11-13)10-12-3-2-4-14(15)7-12/h2-4,7,9,11,16H,5-6,8,10H2,1H3. The number of rotatable bonds is 7. The Morgan fingerprint density at radius 3 is 3.05 bits per heavy atom. The van der Waals surface area contributed by atoms with Crippen molar-refractivity contribution in [2.75, 3.05) is 20.3 Å². The molecule has 2 rings (SSSR count). The highest BCUT2D eigenvalue weighted by Gasteiger charge is 2.00. The van der Waals surface area contributed by atoms with Crippen LogP contribution in [0, 0.1) is 0 Å². The molecule has 0 aliphatic rings. The van der Waals surface area contributed by atoms with Crippen molar-refractivity contribution in [3.05, 3.63) is 52.8 Å². The monoisotopic (exact) mass is 279 g/mol. The minimum absolute atomic E-state index is 0.719. The van der Waals surface area contributed by atoms with E-state index in [0.717, 1.165) is 42.4 Å². The summed E-state index contributed by atoms with van der Waals surface area (Å²) in [5.74, 6) is 0. The molecule has 2 aromatic rings. The van der Waals surface area contributed by atoms with E-state index in [0.29, 0.717) is 0 Å². The molecule has 19 heavy (non-hydrogen) atoms. The SMILES string of the molecule is COCCNCc1cnn(Cc2cccc(Cl)c2)c1. The predicted molar refractivity (Wildman–Crippen MR) is 76.4 cm³/mol. The summed E-state index contributed by atoms with van der Waals surface area (Å²) in [5.41, 5.74) is 2.31. The molecule has 0 atom stereocenters. The van der Waals surface area contributed by atoms with Gasteiger partial charge in [-0.2, -0.15) is 5.10 Å². The van der Waals surface area contributed by atoms with Crippen LogP contribution in [0.2, 0.25) is 5.02 Å². The van der Waals surface area contributed by atoms with Gasteiger partial charge in [-0.3, -0.25) is 4.68 Å². The van der Waals surface area contributed by atoms with Crippen LogP contribution in [0.4, 0.5) is 0 Å². The molecule has 0 fully saturated rings. The number of nitrogens with one attached hydrogen (secondary N) is 1. The maximum atomic E-state index is 5.96. The largest absolute Gasteiger partial charge is 0.383 e. The summed E-state index contributed by atoms with van der Waals surface area (Å²) in [6, 6.07) is 7.83. The van der Waals surface area contributed by atoms with Gasteiger partial charge in [0.05, 0.1) is 19.3 Å². The Labute approximate surface area is 118 Å². The van der Waals surface area contributed by atoms with Crippen LogP contribution < -0.4 is 5.32 Å². The lowest BCUT2D eigenvalue weighted by atomic mass is 10.2. The molecule has 1 aromatic carbocycles. The number of ether oxygens (including phenoxy) is 1. The van der Waals surface area contributed by atoms with E-state index in [9.17, 15) is 0 Å². The first-order valence-corrected chi connectivity index (χ1v) is 6.61. The maximum absolute atomic E-state index is 5.96. The topological polar surface area (TPSA) is 39.1 Å². The Hall–Kier alpha value is -1.36. The fourth-order valence-electron chi connectivity index (χ4n) is 1.81. The van der Waals surface area contributed by atoms with Gasteiger partial charge < -0.3 is 10.1 Å². The fraction of sp³-hybridized carbons (Fsp3) is 0.357. The molecule has 5 heteroatoms. The van der Waals surface area contributed by atoms with Crippen LogP contribution in [0.5, 0.6) is 0 Å². The molecular formula is C14H18ClN3O. The van der Waals surface area contributed by atoms with Gasteiger partial charge in [0.1, 0.15) is 0 Å². The van der Waals surface area contributed by atoms with Crippen molar-refractivity contribution >= 4 is 11.6 Å². The molecule has 0 spiro atoms. The van der Waals surface area contributed by atoms with Crippen molar-refractivity contribution < 1.29 is 4.74 Å². The third-order valence-electron chi connectivity index (χ3n) is 2.73. The zero-order chi connectivity index (χ0) is 13.5. The molecule has 0 radical (unpaired) electrons. The van der Waals surface area contributed by atoms with Crippen LogP contribution in [0.1, 0.15) is 11.1 Å². The molecule has 0 amide bonds. The summed E-state index contributed by atoms with van der Waals surface area (Å²) in [4.78, 5) is 0. The van der Waals surface area contributed by atoms with Crippen LogP contribution in [-0.4, -0.2) is 30.0 Å². The molecule has 0 aliphatic heterocycles. The van der Waals surface area contributed by atoms with Crippen molar-refractivity contribution in [3.63, 3.8) is 0 Å². The van der Waals surface area contributed by atoms with Gasteiger partial charge in [0.15, 0.2) is 0 Å². The van der Waals surface area contributed by atoms with E-state index >= 15 is 0 Å². The molecule has 0 saturated heterocycles. The molecule has 102 valence electrons. The second-order valence-electron chi connectivity index (χ2n) is 4.35. The van der Waals surface area contributed by atoms with Gasteiger partial charge in [0, 0.05) is 37.0 Å². The van der Waals surface area contributed by atoms with E-state index in [2.05, 4.69) is 10.4 Å². The lowest BCUT2D eigenvalue weighted by Crippen LogP contribution is -2.18. The molecule has 0 bridgehead atoms. The van der Waals surface area contributed by atoms with E-state index in [-0.39, 0.29) is 0 Å². The van der Waals surface area contributed by atoms with Crippen LogP contribution in [0.3, 0.4) is 0 Å². The summed E-state index contributed by atoms with van der Waals surface area (Å²) in [5, 5.41) is 8.39. The number of halogens is 1. The highest BCUT2D eigenvalue weighted by Crippen LogP contribution is 2.11. The van der Waals surface area contributed by atoms with E-state index < -0.39 is 0 Å². The third kappa shape index (κ3) is 4.67. The Balaban J connectivity index is 1.87. The Morgan fingerprint density at radius 2 is 2.26 bits per heavy atom. The Morgan fingerprint density at radius 1 is 1.37 bits per heavy atom. The van der Waals surface area contributed by atoms with E-state index in [1.807, 2.05) is 41.3 Å². The van der Waals surface area contributed by atoms with E-state index in [4.69, 9.17) is 16.3 Å². The van der Waals surface area contributed by atoms with Gasteiger partial charge in [0.2, 0.25) is 0 Å². The quantitative estimate of drug-likeness (QED) is 0.791.